The van der Waals surface area contributed by atoms with E-state index in [2.05, 4.69) is 15.9 Å². The van der Waals surface area contributed by atoms with Gasteiger partial charge in [0.05, 0.1) is 17.1 Å². The molecule has 28 heavy (non-hydrogen) atoms. The summed E-state index contributed by atoms with van der Waals surface area (Å²) >= 11 is 3.49. The van der Waals surface area contributed by atoms with Gasteiger partial charge in [0.15, 0.2) is 0 Å². The van der Waals surface area contributed by atoms with Gasteiger partial charge in [-0.3, -0.25) is 0 Å². The van der Waals surface area contributed by atoms with E-state index in [0.717, 1.165) is 21.3 Å². The third kappa shape index (κ3) is 3.64. The number of rotatable bonds is 7. The topological polar surface area (TPSA) is 56.5 Å². The molecule has 0 fully saturated rings. The minimum atomic E-state index is -2.90. The van der Waals surface area contributed by atoms with E-state index in [1.165, 1.54) is 0 Å². The first-order valence-electron chi connectivity index (χ1n) is 9.02. The zero-order valence-corrected chi connectivity index (χ0v) is 16.5. The van der Waals surface area contributed by atoms with Crippen LogP contribution in [0.5, 0.6) is 5.75 Å². The lowest BCUT2D eigenvalue weighted by Crippen LogP contribution is -2.10. The number of ether oxygens (including phenoxy) is 2. The second-order valence-corrected chi connectivity index (χ2v) is 7.49. The molecule has 1 N–H and O–H groups in total. The Bertz CT molecular complexity index is 979. The van der Waals surface area contributed by atoms with Crippen LogP contribution in [0.25, 0.3) is 11.0 Å². The second kappa shape index (κ2) is 8.14. The standard InChI is InChI=1S/C20H19BrF2N2O3/c21-12-6-7-14-16(10-12)25-15(11-18(19(25)24-14)27-9-3-8-26)13-4-1-2-5-17(13)28-20(22)23/h1-2,4-7,10,15,18,20,26H,3,8-9,11H2. The zero-order valence-electron chi connectivity index (χ0n) is 14.9. The van der Waals surface area contributed by atoms with Crippen molar-refractivity contribution in [1.29, 1.82) is 0 Å². The number of alkyl halides is 2. The summed E-state index contributed by atoms with van der Waals surface area (Å²) in [6.45, 7) is -2.45. The summed E-state index contributed by atoms with van der Waals surface area (Å²) in [6.07, 6.45) is 0.792. The molecule has 0 radical (unpaired) electrons. The van der Waals surface area contributed by atoms with Crippen LogP contribution in [-0.2, 0) is 4.74 Å². The molecule has 0 amide bonds. The predicted molar refractivity (Wildman–Crippen MR) is 104 cm³/mol. The van der Waals surface area contributed by atoms with Crippen LogP contribution in [0.15, 0.2) is 46.9 Å². The maximum Gasteiger partial charge on any atom is 0.387 e. The normalized spacial score (nSPS) is 18.8. The quantitative estimate of drug-likeness (QED) is 0.521. The maximum atomic E-state index is 12.9. The second-order valence-electron chi connectivity index (χ2n) is 6.58. The van der Waals surface area contributed by atoms with Crippen molar-refractivity contribution in [1.82, 2.24) is 9.55 Å². The highest BCUT2D eigenvalue weighted by atomic mass is 79.9. The van der Waals surface area contributed by atoms with Gasteiger partial charge in [0.1, 0.15) is 17.7 Å². The van der Waals surface area contributed by atoms with Crippen LogP contribution in [0.3, 0.4) is 0 Å². The van der Waals surface area contributed by atoms with Gasteiger partial charge in [0, 0.05) is 29.7 Å². The Kier molecular flexibility index (Phi) is 5.61. The molecule has 2 aromatic carbocycles. The van der Waals surface area contributed by atoms with Crippen molar-refractivity contribution in [3.63, 3.8) is 0 Å². The molecule has 5 nitrogen and oxygen atoms in total. The molecule has 2 atom stereocenters. The first-order chi connectivity index (χ1) is 13.6. The van der Waals surface area contributed by atoms with Crippen molar-refractivity contribution >= 4 is 27.0 Å². The number of aromatic nitrogens is 2. The van der Waals surface area contributed by atoms with E-state index in [4.69, 9.17) is 19.6 Å². The SMILES string of the molecule is OCCCOC1CC(c2ccccc2OC(F)F)n2c1nc1ccc(Br)cc12. The highest BCUT2D eigenvalue weighted by molar-refractivity contribution is 9.10. The van der Waals surface area contributed by atoms with E-state index in [-0.39, 0.29) is 24.5 Å². The van der Waals surface area contributed by atoms with Crippen molar-refractivity contribution in [2.45, 2.75) is 31.6 Å². The number of hydrogen-bond donors (Lipinski definition) is 1. The van der Waals surface area contributed by atoms with E-state index in [0.29, 0.717) is 25.0 Å². The molecule has 0 spiro atoms. The molecule has 0 aliphatic carbocycles. The molecule has 1 aliphatic rings. The molecule has 8 heteroatoms. The Hall–Kier alpha value is -2.03. The van der Waals surface area contributed by atoms with E-state index in [9.17, 15) is 8.78 Å². The number of imidazole rings is 1. The third-order valence-corrected chi connectivity index (χ3v) is 5.32. The molecular weight excluding hydrogens is 434 g/mol. The maximum absolute atomic E-state index is 12.9. The lowest BCUT2D eigenvalue weighted by molar-refractivity contribution is -0.0507. The highest BCUT2D eigenvalue weighted by Crippen LogP contribution is 2.45. The summed E-state index contributed by atoms with van der Waals surface area (Å²) in [6, 6.07) is 12.4. The molecule has 0 bridgehead atoms. The number of aliphatic hydroxyl groups excluding tert-OH is 1. The highest BCUT2D eigenvalue weighted by Gasteiger charge is 2.37. The molecule has 0 saturated carbocycles. The third-order valence-electron chi connectivity index (χ3n) is 4.83. The summed E-state index contributed by atoms with van der Waals surface area (Å²) in [5.41, 5.74) is 2.37. The minimum absolute atomic E-state index is 0.0462. The Morgan fingerprint density at radius 1 is 1.25 bits per heavy atom. The lowest BCUT2D eigenvalue weighted by Gasteiger charge is -2.19. The fourth-order valence-electron chi connectivity index (χ4n) is 3.71. The Labute approximate surface area is 169 Å². The summed E-state index contributed by atoms with van der Waals surface area (Å²) in [5.74, 6) is 0.907. The molecule has 0 saturated heterocycles. The smallest absolute Gasteiger partial charge is 0.387 e. The van der Waals surface area contributed by atoms with Gasteiger partial charge in [-0.25, -0.2) is 4.98 Å². The Morgan fingerprint density at radius 3 is 2.86 bits per heavy atom. The van der Waals surface area contributed by atoms with Crippen LogP contribution in [0.1, 0.15) is 36.4 Å². The molecule has 1 aromatic heterocycles. The number of para-hydroxylation sites is 1. The number of halogens is 3. The van der Waals surface area contributed by atoms with E-state index < -0.39 is 6.61 Å². The van der Waals surface area contributed by atoms with Crippen LogP contribution in [0, 0.1) is 0 Å². The fourth-order valence-corrected chi connectivity index (χ4v) is 4.06. The molecule has 1 aliphatic heterocycles. The average molecular weight is 453 g/mol. The molecule has 2 unspecified atom stereocenters. The Morgan fingerprint density at radius 2 is 2.07 bits per heavy atom. The van der Waals surface area contributed by atoms with Crippen molar-refractivity contribution in [3.05, 3.63) is 58.3 Å². The monoisotopic (exact) mass is 452 g/mol. The summed E-state index contributed by atoms with van der Waals surface area (Å²) in [5, 5.41) is 9.04. The van der Waals surface area contributed by atoms with Gasteiger partial charge in [0.25, 0.3) is 0 Å². The number of aliphatic hydroxyl groups is 1. The minimum Gasteiger partial charge on any atom is -0.434 e. The largest absolute Gasteiger partial charge is 0.434 e. The number of nitrogens with zero attached hydrogens (tertiary/aromatic N) is 2. The van der Waals surface area contributed by atoms with Crippen LogP contribution >= 0.6 is 15.9 Å². The molecule has 4 rings (SSSR count). The van der Waals surface area contributed by atoms with Gasteiger partial charge in [-0.1, -0.05) is 34.1 Å². The predicted octanol–water partition coefficient (Wildman–Crippen LogP) is 4.83. The van der Waals surface area contributed by atoms with Gasteiger partial charge >= 0.3 is 6.61 Å². The van der Waals surface area contributed by atoms with E-state index in [1.54, 1.807) is 18.2 Å². The summed E-state index contributed by atoms with van der Waals surface area (Å²) in [4.78, 5) is 4.73. The zero-order chi connectivity index (χ0) is 19.7. The number of benzene rings is 2. The van der Waals surface area contributed by atoms with Gasteiger partial charge in [-0.2, -0.15) is 8.78 Å². The van der Waals surface area contributed by atoms with Gasteiger partial charge in [-0.05, 0) is 30.7 Å². The van der Waals surface area contributed by atoms with Crippen LogP contribution in [-0.4, -0.2) is 34.5 Å². The van der Waals surface area contributed by atoms with Gasteiger partial charge < -0.3 is 19.1 Å². The van der Waals surface area contributed by atoms with Crippen molar-refractivity contribution in [2.24, 2.45) is 0 Å². The van der Waals surface area contributed by atoms with E-state index in [1.807, 2.05) is 28.8 Å². The molecular formula is C20H19BrF2N2O3. The molecule has 3 aromatic rings. The first kappa shape index (κ1) is 19.3. The van der Waals surface area contributed by atoms with Gasteiger partial charge in [0.2, 0.25) is 0 Å². The van der Waals surface area contributed by atoms with Crippen LogP contribution in [0.2, 0.25) is 0 Å². The Balaban J connectivity index is 1.80. The van der Waals surface area contributed by atoms with Crippen molar-refractivity contribution in [3.8, 4) is 5.75 Å². The average Bonchev–Trinajstić information content (AvgIpc) is 3.20. The van der Waals surface area contributed by atoms with E-state index >= 15 is 0 Å². The van der Waals surface area contributed by atoms with Crippen molar-refractivity contribution < 1.29 is 23.4 Å². The van der Waals surface area contributed by atoms with Crippen molar-refractivity contribution in [2.75, 3.05) is 13.2 Å². The first-order valence-corrected chi connectivity index (χ1v) is 9.81. The fraction of sp³-hybridized carbons (Fsp3) is 0.350. The van der Waals surface area contributed by atoms with Crippen LogP contribution in [0.4, 0.5) is 8.78 Å². The van der Waals surface area contributed by atoms with Gasteiger partial charge in [-0.15, -0.1) is 0 Å². The molecule has 2 heterocycles. The lowest BCUT2D eigenvalue weighted by atomic mass is 10.0. The summed E-state index contributed by atoms with van der Waals surface area (Å²) < 4.78 is 39.5. The number of fused-ring (bicyclic) bond motifs is 3. The molecule has 148 valence electrons. The number of hydrogen-bond acceptors (Lipinski definition) is 4. The summed E-state index contributed by atoms with van der Waals surface area (Å²) in [7, 11) is 0. The van der Waals surface area contributed by atoms with Crippen LogP contribution < -0.4 is 4.74 Å².